The van der Waals surface area contributed by atoms with E-state index in [1.807, 2.05) is 18.5 Å². The molecule has 11 nitrogen and oxygen atoms in total. The van der Waals surface area contributed by atoms with Crippen LogP contribution in [0.4, 0.5) is 15.9 Å². The van der Waals surface area contributed by atoms with Crippen molar-refractivity contribution in [2.45, 2.75) is 40.2 Å². The highest BCUT2D eigenvalue weighted by atomic mass is 19.1. The van der Waals surface area contributed by atoms with Crippen LogP contribution in [-0.4, -0.2) is 40.4 Å². The molecule has 0 bridgehead atoms. The number of rotatable bonds is 7. The summed E-state index contributed by atoms with van der Waals surface area (Å²) in [4.78, 5) is 38.9. The highest BCUT2D eigenvalue weighted by molar-refractivity contribution is 6.04. The summed E-state index contributed by atoms with van der Waals surface area (Å²) in [6, 6.07) is 11.0. The van der Waals surface area contributed by atoms with Gasteiger partial charge in [0.2, 0.25) is 0 Å². The number of nitrogens with two attached hydrogens (primary N) is 1. The molecule has 0 spiro atoms. The molecule has 4 aromatic heterocycles. The summed E-state index contributed by atoms with van der Waals surface area (Å²) in [6.45, 7) is 8.62. The zero-order valence-corrected chi connectivity index (χ0v) is 22.5. The zero-order valence-electron chi connectivity index (χ0n) is 22.5. The number of amides is 1. The third-order valence-electron chi connectivity index (χ3n) is 6.21. The molecule has 1 amide bonds. The first kappa shape index (κ1) is 26.6. The molecule has 40 heavy (non-hydrogen) atoms. The first-order valence-corrected chi connectivity index (χ1v) is 12.8. The predicted octanol–water partition coefficient (Wildman–Crippen LogP) is 4.19. The van der Waals surface area contributed by atoms with E-state index >= 15 is 0 Å². The Kier molecular flexibility index (Phi) is 7.07. The van der Waals surface area contributed by atoms with Crippen LogP contribution in [0.3, 0.4) is 0 Å². The number of carbonyl (C=O) groups is 1. The average molecular weight is 542 g/mol. The van der Waals surface area contributed by atoms with Crippen LogP contribution in [-0.2, 0) is 6.54 Å². The molecule has 4 heterocycles. The Labute approximate surface area is 228 Å². The Balaban J connectivity index is 1.47. The molecule has 3 N–H and O–H groups in total. The number of anilines is 2. The van der Waals surface area contributed by atoms with Crippen LogP contribution >= 0.6 is 0 Å². The number of halogens is 1. The van der Waals surface area contributed by atoms with E-state index in [-0.39, 0.29) is 17.3 Å². The molecule has 204 valence electrons. The maximum atomic E-state index is 13.4. The van der Waals surface area contributed by atoms with Gasteiger partial charge in [0.1, 0.15) is 29.2 Å². The number of pyridine rings is 1. The fourth-order valence-electron chi connectivity index (χ4n) is 4.22. The van der Waals surface area contributed by atoms with Gasteiger partial charge in [0, 0.05) is 17.8 Å². The van der Waals surface area contributed by atoms with Gasteiger partial charge in [0.05, 0.1) is 17.3 Å². The Bertz CT molecular complexity index is 1760. The van der Waals surface area contributed by atoms with E-state index in [0.29, 0.717) is 46.4 Å². The second-order valence-electron chi connectivity index (χ2n) is 10.1. The molecule has 5 aromatic rings. The van der Waals surface area contributed by atoms with Gasteiger partial charge < -0.3 is 11.1 Å². The molecule has 1 aromatic carbocycles. The fraction of sp³-hybridized carbons (Fsp3) is 0.250. The van der Waals surface area contributed by atoms with Gasteiger partial charge in [-0.15, -0.1) is 0 Å². The number of hydrogen-bond donors (Lipinski definition) is 2. The van der Waals surface area contributed by atoms with E-state index < -0.39 is 17.3 Å². The summed E-state index contributed by atoms with van der Waals surface area (Å²) >= 11 is 0. The number of fused-ring (bicyclic) bond motifs is 1. The lowest BCUT2D eigenvalue weighted by Crippen LogP contribution is -2.31. The fourth-order valence-corrected chi connectivity index (χ4v) is 4.22. The van der Waals surface area contributed by atoms with E-state index in [1.165, 1.54) is 24.5 Å². The molecule has 12 heteroatoms. The summed E-state index contributed by atoms with van der Waals surface area (Å²) in [5, 5.41) is 12.5. The molecule has 0 unspecified atom stereocenters. The standard InChI is InChI=1S/C28H28FN9O2/c1-15(2)13-37-26-23(25(30)32-14-33-26)24(36-37)17-5-8-19(9-6-17)34-27(39)20-11-21(16(3)4)35-38(28(20)40)22-10-7-18(29)12-31-22/h5-12,14-16H,13H2,1-4H3,(H,34,39)(H2,30,32,33). The monoisotopic (exact) mass is 541 g/mol. The number of nitrogens with one attached hydrogen (secondary N) is 1. The summed E-state index contributed by atoms with van der Waals surface area (Å²) < 4.78 is 16.2. The summed E-state index contributed by atoms with van der Waals surface area (Å²) in [7, 11) is 0. The Morgan fingerprint density at radius 2 is 1.77 bits per heavy atom. The molecule has 0 aliphatic heterocycles. The van der Waals surface area contributed by atoms with Crippen molar-refractivity contribution in [3.05, 3.63) is 82.4 Å². The number of nitrogens with zero attached hydrogens (tertiary/aromatic N) is 7. The van der Waals surface area contributed by atoms with Gasteiger partial charge in [-0.25, -0.2) is 24.0 Å². The van der Waals surface area contributed by atoms with E-state index in [1.54, 1.807) is 24.3 Å². The number of hydrogen-bond acceptors (Lipinski definition) is 8. The molecular weight excluding hydrogens is 513 g/mol. The number of aromatic nitrogens is 7. The van der Waals surface area contributed by atoms with E-state index in [4.69, 9.17) is 10.8 Å². The van der Waals surface area contributed by atoms with E-state index in [2.05, 4.69) is 39.2 Å². The van der Waals surface area contributed by atoms with Gasteiger partial charge in [0.15, 0.2) is 11.5 Å². The minimum atomic E-state index is -0.671. The van der Waals surface area contributed by atoms with Gasteiger partial charge in [-0.3, -0.25) is 9.59 Å². The van der Waals surface area contributed by atoms with E-state index in [0.717, 1.165) is 16.4 Å². The summed E-state index contributed by atoms with van der Waals surface area (Å²) in [5.74, 6) is -0.453. The van der Waals surface area contributed by atoms with Crippen LogP contribution in [0.15, 0.2) is 59.8 Å². The molecule has 0 aliphatic carbocycles. The first-order valence-electron chi connectivity index (χ1n) is 12.8. The topological polar surface area (TPSA) is 146 Å². The number of nitrogen functional groups attached to an aromatic ring is 1. The van der Waals surface area contributed by atoms with Gasteiger partial charge in [-0.2, -0.15) is 14.9 Å². The predicted molar refractivity (Wildman–Crippen MR) is 150 cm³/mol. The van der Waals surface area contributed by atoms with Crippen molar-refractivity contribution in [3.8, 4) is 17.1 Å². The normalized spacial score (nSPS) is 11.5. The second-order valence-corrected chi connectivity index (χ2v) is 10.1. The smallest absolute Gasteiger partial charge is 0.285 e. The molecule has 0 fully saturated rings. The summed E-state index contributed by atoms with van der Waals surface area (Å²) in [5.41, 5.74) is 8.44. The molecule has 0 atom stereocenters. The highest BCUT2D eigenvalue weighted by Gasteiger charge is 2.20. The quantitative estimate of drug-likeness (QED) is 0.312. The lowest BCUT2D eigenvalue weighted by molar-refractivity contribution is 0.102. The van der Waals surface area contributed by atoms with Crippen LogP contribution in [0.2, 0.25) is 0 Å². The van der Waals surface area contributed by atoms with Crippen molar-refractivity contribution in [2.24, 2.45) is 5.92 Å². The maximum absolute atomic E-state index is 13.4. The molecular formula is C28H28FN9O2. The van der Waals surface area contributed by atoms with Crippen molar-refractivity contribution in [3.63, 3.8) is 0 Å². The number of carbonyl (C=O) groups excluding carboxylic acids is 1. The van der Waals surface area contributed by atoms with Crippen molar-refractivity contribution >= 4 is 28.4 Å². The van der Waals surface area contributed by atoms with Gasteiger partial charge >= 0.3 is 0 Å². The molecule has 0 aliphatic rings. The van der Waals surface area contributed by atoms with Crippen LogP contribution < -0.4 is 16.6 Å². The van der Waals surface area contributed by atoms with Crippen LogP contribution in [0.5, 0.6) is 0 Å². The summed E-state index contributed by atoms with van der Waals surface area (Å²) in [6.07, 6.45) is 2.41. The Morgan fingerprint density at radius 1 is 1.02 bits per heavy atom. The lowest BCUT2D eigenvalue weighted by atomic mass is 10.1. The van der Waals surface area contributed by atoms with Crippen molar-refractivity contribution in [1.82, 2.24) is 34.5 Å². The molecule has 0 radical (unpaired) electrons. The molecule has 0 saturated carbocycles. The van der Waals surface area contributed by atoms with Crippen LogP contribution in [0.25, 0.3) is 28.1 Å². The first-order chi connectivity index (χ1) is 19.1. The SMILES string of the molecule is CC(C)Cn1nc(-c2ccc(NC(=O)c3cc(C(C)C)nn(-c4ccc(F)cn4)c3=O)cc2)c2c(N)ncnc21. The van der Waals surface area contributed by atoms with Crippen LogP contribution in [0, 0.1) is 11.7 Å². The maximum Gasteiger partial charge on any atom is 0.285 e. The van der Waals surface area contributed by atoms with Crippen molar-refractivity contribution in [1.29, 1.82) is 0 Å². The lowest BCUT2D eigenvalue weighted by Gasteiger charge is -2.12. The number of benzene rings is 1. The van der Waals surface area contributed by atoms with Gasteiger partial charge in [-0.05, 0) is 42.2 Å². The third-order valence-corrected chi connectivity index (χ3v) is 6.21. The van der Waals surface area contributed by atoms with Gasteiger partial charge in [0.25, 0.3) is 11.5 Å². The average Bonchev–Trinajstić information content (AvgIpc) is 3.28. The van der Waals surface area contributed by atoms with Gasteiger partial charge in [-0.1, -0.05) is 39.8 Å². The largest absolute Gasteiger partial charge is 0.383 e. The third kappa shape index (κ3) is 5.15. The van der Waals surface area contributed by atoms with E-state index in [9.17, 15) is 14.0 Å². The van der Waals surface area contributed by atoms with Crippen molar-refractivity contribution in [2.75, 3.05) is 11.1 Å². The Morgan fingerprint density at radius 3 is 2.42 bits per heavy atom. The minimum absolute atomic E-state index is 0.0835. The molecule has 5 rings (SSSR count). The zero-order chi connectivity index (χ0) is 28.6. The van der Waals surface area contributed by atoms with Crippen molar-refractivity contribution < 1.29 is 9.18 Å². The highest BCUT2D eigenvalue weighted by Crippen LogP contribution is 2.31. The molecule has 0 saturated heterocycles. The minimum Gasteiger partial charge on any atom is -0.383 e. The Hall–Kier alpha value is -5.00. The van der Waals surface area contributed by atoms with Crippen LogP contribution in [0.1, 0.15) is 49.7 Å². The second kappa shape index (κ2) is 10.6.